The highest BCUT2D eigenvalue weighted by Crippen LogP contribution is 2.34. The highest BCUT2D eigenvalue weighted by atomic mass is 19.1. The van der Waals surface area contributed by atoms with E-state index in [1.54, 1.807) is 6.07 Å². The zero-order valence-corrected chi connectivity index (χ0v) is 11.6. The van der Waals surface area contributed by atoms with Crippen LogP contribution in [0.4, 0.5) is 4.39 Å². The highest BCUT2D eigenvalue weighted by Gasteiger charge is 2.22. The van der Waals surface area contributed by atoms with Crippen molar-refractivity contribution in [2.45, 2.75) is 25.4 Å². The SMILES string of the molecule is N=C(N)c1cc(F)ccc1OC1CCCc2ccccc21. The van der Waals surface area contributed by atoms with Crippen molar-refractivity contribution in [2.24, 2.45) is 5.73 Å². The van der Waals surface area contributed by atoms with Crippen molar-refractivity contribution < 1.29 is 9.13 Å². The normalized spacial score (nSPS) is 17.1. The second kappa shape index (κ2) is 5.56. The van der Waals surface area contributed by atoms with Gasteiger partial charge in [0, 0.05) is 0 Å². The van der Waals surface area contributed by atoms with Crippen molar-refractivity contribution >= 4 is 5.84 Å². The summed E-state index contributed by atoms with van der Waals surface area (Å²) in [6, 6.07) is 12.3. The lowest BCUT2D eigenvalue weighted by Gasteiger charge is -2.27. The number of hydrogen-bond acceptors (Lipinski definition) is 2. The summed E-state index contributed by atoms with van der Waals surface area (Å²) in [4.78, 5) is 0. The summed E-state index contributed by atoms with van der Waals surface area (Å²) in [5.41, 5.74) is 8.28. The number of benzene rings is 2. The van der Waals surface area contributed by atoms with Gasteiger partial charge in [-0.15, -0.1) is 0 Å². The van der Waals surface area contributed by atoms with E-state index >= 15 is 0 Å². The number of nitrogens with one attached hydrogen (secondary N) is 1. The van der Waals surface area contributed by atoms with Gasteiger partial charge in [0.15, 0.2) is 0 Å². The van der Waals surface area contributed by atoms with E-state index in [9.17, 15) is 4.39 Å². The fourth-order valence-corrected chi connectivity index (χ4v) is 2.80. The van der Waals surface area contributed by atoms with Crippen LogP contribution in [0.1, 0.15) is 35.6 Å². The number of hydrogen-bond donors (Lipinski definition) is 2. The van der Waals surface area contributed by atoms with Crippen LogP contribution in [0, 0.1) is 11.2 Å². The van der Waals surface area contributed by atoms with Crippen molar-refractivity contribution in [3.8, 4) is 5.75 Å². The molecule has 0 saturated heterocycles. The summed E-state index contributed by atoms with van der Waals surface area (Å²) in [6.07, 6.45) is 2.95. The van der Waals surface area contributed by atoms with Crippen molar-refractivity contribution in [3.63, 3.8) is 0 Å². The number of nitrogens with two attached hydrogens (primary N) is 1. The largest absolute Gasteiger partial charge is 0.485 e. The molecule has 1 atom stereocenters. The molecule has 3 nitrogen and oxygen atoms in total. The number of amidine groups is 1. The van der Waals surface area contributed by atoms with E-state index in [1.165, 1.54) is 23.3 Å². The summed E-state index contributed by atoms with van der Waals surface area (Å²) in [6.45, 7) is 0. The molecular weight excluding hydrogens is 267 g/mol. The molecule has 3 rings (SSSR count). The number of rotatable bonds is 3. The van der Waals surface area contributed by atoms with Gasteiger partial charge in [-0.2, -0.15) is 0 Å². The summed E-state index contributed by atoms with van der Waals surface area (Å²) in [5.74, 6) is -0.143. The van der Waals surface area contributed by atoms with Crippen LogP contribution in [-0.2, 0) is 6.42 Å². The molecular formula is C17H17FN2O. The third-order valence-electron chi connectivity index (χ3n) is 3.82. The molecule has 1 aliphatic carbocycles. The number of nitrogen functional groups attached to an aromatic ring is 1. The van der Waals surface area contributed by atoms with Crippen molar-refractivity contribution in [1.82, 2.24) is 0 Å². The van der Waals surface area contributed by atoms with Crippen LogP contribution < -0.4 is 10.5 Å². The molecule has 21 heavy (non-hydrogen) atoms. The third-order valence-corrected chi connectivity index (χ3v) is 3.82. The van der Waals surface area contributed by atoms with Gasteiger partial charge in [0.1, 0.15) is 23.5 Å². The fraction of sp³-hybridized carbons (Fsp3) is 0.235. The first-order valence-corrected chi connectivity index (χ1v) is 7.03. The maximum absolute atomic E-state index is 13.3. The van der Waals surface area contributed by atoms with E-state index in [2.05, 4.69) is 12.1 Å². The molecule has 1 aliphatic rings. The van der Waals surface area contributed by atoms with Gasteiger partial charge in [-0.25, -0.2) is 4.39 Å². The molecule has 0 saturated carbocycles. The Labute approximate surface area is 123 Å². The standard InChI is InChI=1S/C17H17FN2O/c18-12-8-9-16(14(10-12)17(19)20)21-15-7-3-5-11-4-1-2-6-13(11)15/h1-2,4,6,8-10,15H,3,5,7H2,(H3,19,20). The molecule has 0 radical (unpaired) electrons. The Morgan fingerprint density at radius 1 is 1.24 bits per heavy atom. The minimum atomic E-state index is -0.420. The molecule has 4 heteroatoms. The van der Waals surface area contributed by atoms with Crippen LogP contribution in [0.15, 0.2) is 42.5 Å². The quantitative estimate of drug-likeness (QED) is 0.668. The van der Waals surface area contributed by atoms with Gasteiger partial charge in [0.05, 0.1) is 5.56 Å². The minimum absolute atomic E-state index is 0.0708. The van der Waals surface area contributed by atoms with Crippen LogP contribution in [0.25, 0.3) is 0 Å². The van der Waals surface area contributed by atoms with E-state index in [1.807, 2.05) is 12.1 Å². The number of fused-ring (bicyclic) bond motifs is 1. The fourth-order valence-electron chi connectivity index (χ4n) is 2.80. The maximum atomic E-state index is 13.3. The molecule has 0 heterocycles. The molecule has 2 aromatic rings. The Bertz CT molecular complexity index is 684. The third kappa shape index (κ3) is 2.75. The molecule has 0 aromatic heterocycles. The van der Waals surface area contributed by atoms with Crippen molar-refractivity contribution in [3.05, 3.63) is 65.0 Å². The van der Waals surface area contributed by atoms with Crippen molar-refractivity contribution in [1.29, 1.82) is 5.41 Å². The molecule has 3 N–H and O–H groups in total. The number of aryl methyl sites for hydroxylation is 1. The van der Waals surface area contributed by atoms with Crippen LogP contribution >= 0.6 is 0 Å². The lowest BCUT2D eigenvalue weighted by Crippen LogP contribution is -2.18. The first-order valence-electron chi connectivity index (χ1n) is 7.03. The van der Waals surface area contributed by atoms with Crippen molar-refractivity contribution in [2.75, 3.05) is 0 Å². The average molecular weight is 284 g/mol. The summed E-state index contributed by atoms with van der Waals surface area (Å²) in [7, 11) is 0. The van der Waals surface area contributed by atoms with Gasteiger partial charge in [-0.05, 0) is 48.6 Å². The lowest BCUT2D eigenvalue weighted by molar-refractivity contribution is 0.183. The molecule has 2 aromatic carbocycles. The van der Waals surface area contributed by atoms with Crippen LogP contribution in [0.3, 0.4) is 0 Å². The lowest BCUT2D eigenvalue weighted by atomic mass is 9.89. The second-order valence-electron chi connectivity index (χ2n) is 5.25. The Morgan fingerprint density at radius 2 is 2.05 bits per heavy atom. The minimum Gasteiger partial charge on any atom is -0.485 e. The van der Waals surface area contributed by atoms with E-state index < -0.39 is 5.82 Å². The Balaban J connectivity index is 1.93. The topological polar surface area (TPSA) is 59.1 Å². The molecule has 1 unspecified atom stereocenters. The zero-order chi connectivity index (χ0) is 14.8. The Morgan fingerprint density at radius 3 is 2.86 bits per heavy atom. The highest BCUT2D eigenvalue weighted by molar-refractivity contribution is 5.97. The monoisotopic (exact) mass is 284 g/mol. The van der Waals surface area contributed by atoms with E-state index in [0.717, 1.165) is 19.3 Å². The average Bonchev–Trinajstić information content (AvgIpc) is 2.49. The molecule has 0 amide bonds. The predicted molar refractivity (Wildman–Crippen MR) is 80.2 cm³/mol. The van der Waals surface area contributed by atoms with Gasteiger partial charge in [0.2, 0.25) is 0 Å². The van der Waals surface area contributed by atoms with Gasteiger partial charge < -0.3 is 10.5 Å². The molecule has 0 fully saturated rings. The van der Waals surface area contributed by atoms with Gasteiger partial charge in [0.25, 0.3) is 0 Å². The molecule has 0 bridgehead atoms. The zero-order valence-electron chi connectivity index (χ0n) is 11.6. The summed E-state index contributed by atoms with van der Waals surface area (Å²) in [5, 5.41) is 7.57. The maximum Gasteiger partial charge on any atom is 0.131 e. The molecule has 0 aliphatic heterocycles. The smallest absolute Gasteiger partial charge is 0.131 e. The van der Waals surface area contributed by atoms with Crippen LogP contribution in [-0.4, -0.2) is 5.84 Å². The molecule has 108 valence electrons. The Hall–Kier alpha value is -2.36. The summed E-state index contributed by atoms with van der Waals surface area (Å²) < 4.78 is 19.4. The van der Waals surface area contributed by atoms with E-state index in [0.29, 0.717) is 11.3 Å². The number of ether oxygens (including phenoxy) is 1. The first-order chi connectivity index (χ1) is 10.1. The predicted octanol–water partition coefficient (Wildman–Crippen LogP) is 3.57. The first kappa shape index (κ1) is 13.6. The Kier molecular flexibility index (Phi) is 3.60. The van der Waals surface area contributed by atoms with Crippen LogP contribution in [0.5, 0.6) is 5.75 Å². The van der Waals surface area contributed by atoms with Gasteiger partial charge >= 0.3 is 0 Å². The van der Waals surface area contributed by atoms with Crippen LogP contribution in [0.2, 0.25) is 0 Å². The van der Waals surface area contributed by atoms with E-state index in [-0.39, 0.29) is 11.9 Å². The van der Waals surface area contributed by atoms with E-state index in [4.69, 9.17) is 15.9 Å². The van der Waals surface area contributed by atoms with Gasteiger partial charge in [-0.3, -0.25) is 5.41 Å². The summed E-state index contributed by atoms with van der Waals surface area (Å²) >= 11 is 0. The molecule has 0 spiro atoms. The second-order valence-corrected chi connectivity index (χ2v) is 5.25. The number of halogens is 1. The van der Waals surface area contributed by atoms with Gasteiger partial charge in [-0.1, -0.05) is 24.3 Å².